The van der Waals surface area contributed by atoms with E-state index in [0.29, 0.717) is 17.3 Å². The van der Waals surface area contributed by atoms with Crippen LogP contribution in [0.25, 0.3) is 56.0 Å². The number of carbonyl (C=O) groups is 2. The van der Waals surface area contributed by atoms with E-state index in [2.05, 4.69) is 53.2 Å². The quantitative estimate of drug-likeness (QED) is 0.0861. The Kier molecular flexibility index (Phi) is 11.1. The van der Waals surface area contributed by atoms with Gasteiger partial charge in [-0.1, -0.05) is 61.4 Å². The fourth-order valence-corrected chi connectivity index (χ4v) is 6.71. The molecule has 58 heavy (non-hydrogen) atoms. The van der Waals surface area contributed by atoms with Crippen molar-refractivity contribution in [3.8, 4) is 34.2 Å². The Morgan fingerprint density at radius 2 is 1.12 bits per heavy atom. The van der Waals surface area contributed by atoms with Crippen molar-refractivity contribution in [2.24, 2.45) is 0 Å². The van der Waals surface area contributed by atoms with E-state index in [0.717, 1.165) is 79.1 Å². The smallest absolute Gasteiger partial charge is 0.427 e. The zero-order valence-corrected chi connectivity index (χ0v) is 33.4. The third-order valence-corrected chi connectivity index (χ3v) is 10.3. The normalized spacial score (nSPS) is 13.3. The summed E-state index contributed by atoms with van der Waals surface area (Å²) in [4.78, 5) is 41.4. The highest BCUT2D eigenvalue weighted by Gasteiger charge is 2.33. The zero-order chi connectivity index (χ0) is 40.3. The fourth-order valence-electron chi connectivity index (χ4n) is 6.38. The van der Waals surface area contributed by atoms with Gasteiger partial charge in [-0.25, -0.2) is 29.3 Å². The van der Waals surface area contributed by atoms with Crippen molar-refractivity contribution < 1.29 is 19.6 Å². The molecular weight excluding hydrogens is 795 g/mol. The summed E-state index contributed by atoms with van der Waals surface area (Å²) in [6.07, 6.45) is 8.09. The van der Waals surface area contributed by atoms with Crippen LogP contribution in [0.1, 0.15) is 72.1 Å². The molecule has 0 atom stereocenters. The summed E-state index contributed by atoms with van der Waals surface area (Å²) in [7, 11) is -1.04. The monoisotopic (exact) mass is 832 g/mol. The van der Waals surface area contributed by atoms with Crippen molar-refractivity contribution in [2.75, 3.05) is 0 Å². The highest BCUT2D eigenvalue weighted by molar-refractivity contribution is 9.10. The van der Waals surface area contributed by atoms with Gasteiger partial charge in [-0.15, -0.1) is 0 Å². The number of fused-ring (bicyclic) bond motifs is 2. The van der Waals surface area contributed by atoms with Gasteiger partial charge in [0.25, 0.3) is 0 Å². The second kappa shape index (κ2) is 16.7. The number of ketones is 2. The molecule has 12 nitrogen and oxygen atoms in total. The Morgan fingerprint density at radius 3 is 1.57 bits per heavy atom. The Labute approximate surface area is 342 Å². The lowest BCUT2D eigenvalue weighted by molar-refractivity contribution is 0.100. The molecule has 2 fully saturated rings. The molecule has 2 aromatic carbocycles. The number of hydrogen-bond donors (Lipinski definition) is 2. The maximum Gasteiger partial charge on any atom is 0.454 e. The lowest BCUT2D eigenvalue weighted by Crippen LogP contribution is -2.09. The van der Waals surface area contributed by atoms with Crippen molar-refractivity contribution in [2.45, 2.75) is 51.3 Å². The molecular formula is C44H38BBrN8O4. The van der Waals surface area contributed by atoms with Gasteiger partial charge >= 0.3 is 7.12 Å². The number of rotatable bonds is 8. The number of carbonyl (C=O) groups excluding carboxylic acids is 2. The predicted octanol–water partition coefficient (Wildman–Crippen LogP) is 8.63. The average Bonchev–Trinajstić information content (AvgIpc) is 4.19. The van der Waals surface area contributed by atoms with Gasteiger partial charge in [0.05, 0.1) is 34.8 Å². The molecule has 10 rings (SSSR count). The molecule has 6 aromatic heterocycles. The molecule has 0 radical (unpaired) electrons. The molecule has 0 spiro atoms. The second-order valence-corrected chi connectivity index (χ2v) is 15.2. The van der Waals surface area contributed by atoms with E-state index in [1.807, 2.05) is 95.8 Å². The number of benzene rings is 2. The highest BCUT2D eigenvalue weighted by atomic mass is 79.9. The molecule has 6 heterocycles. The zero-order valence-electron chi connectivity index (χ0n) is 31.8. The van der Waals surface area contributed by atoms with Crippen molar-refractivity contribution in [3.05, 3.63) is 143 Å². The summed E-state index contributed by atoms with van der Waals surface area (Å²) in [6, 6.07) is 34.9. The van der Waals surface area contributed by atoms with Crippen LogP contribution in [0.5, 0.6) is 0 Å². The molecule has 0 saturated heterocycles. The van der Waals surface area contributed by atoms with E-state index in [-0.39, 0.29) is 17.4 Å². The lowest BCUT2D eigenvalue weighted by atomic mass is 9.84. The molecule has 2 aliphatic rings. The first-order valence-corrected chi connectivity index (χ1v) is 19.8. The molecule has 288 valence electrons. The standard InChI is InChI=1S/C22H18N4O.C19H13BrN4O.C3H7BO2/c1-14(27)18-4-2-5-20(24-18)16-10-11-17-13-23-26(21(17)12-16)22-7-3-6-19(25-22)15-8-9-15;1-12(25)15-4-2-5-16(22-15)13-8-9-14-11-21-24(17(14)10-13)19-7-3-6-18(20)23-19;5-4(6)3-1-2-3/h2-7,10-13,15H,8-9H2,1H3;2-11H,1H3;3,5-6H,1-2H2. The van der Waals surface area contributed by atoms with Gasteiger partial charge in [-0.3, -0.25) is 9.59 Å². The van der Waals surface area contributed by atoms with Gasteiger partial charge in [-0.05, 0) is 95.3 Å². The summed E-state index contributed by atoms with van der Waals surface area (Å²) >= 11 is 3.39. The lowest BCUT2D eigenvalue weighted by Gasteiger charge is -2.07. The molecule has 8 aromatic rings. The summed E-state index contributed by atoms with van der Waals surface area (Å²) < 4.78 is 4.42. The van der Waals surface area contributed by atoms with Crippen molar-refractivity contribution in [3.63, 3.8) is 0 Å². The number of hydrogen-bond acceptors (Lipinski definition) is 10. The number of aromatic nitrogens is 8. The Morgan fingerprint density at radius 1 is 0.621 bits per heavy atom. The van der Waals surface area contributed by atoms with Crippen molar-refractivity contribution in [1.29, 1.82) is 0 Å². The van der Waals surface area contributed by atoms with Crippen LogP contribution < -0.4 is 0 Å². The molecule has 2 saturated carbocycles. The van der Waals surface area contributed by atoms with E-state index in [1.54, 1.807) is 23.0 Å². The molecule has 0 amide bonds. The molecule has 2 aliphatic carbocycles. The number of Topliss-reactive ketones (excluding diaryl/α,β-unsaturated/α-hetero) is 2. The van der Waals surface area contributed by atoms with E-state index in [1.165, 1.54) is 26.7 Å². The van der Waals surface area contributed by atoms with Gasteiger partial charge in [0.1, 0.15) is 16.0 Å². The van der Waals surface area contributed by atoms with E-state index < -0.39 is 7.12 Å². The van der Waals surface area contributed by atoms with Gasteiger partial charge in [0.2, 0.25) is 0 Å². The first-order chi connectivity index (χ1) is 28.1. The topological polar surface area (TPSA) is 162 Å². The summed E-state index contributed by atoms with van der Waals surface area (Å²) in [5.41, 5.74) is 7.38. The van der Waals surface area contributed by atoms with E-state index >= 15 is 0 Å². The van der Waals surface area contributed by atoms with Gasteiger partial charge < -0.3 is 10.0 Å². The Hall–Kier alpha value is -6.22. The first kappa shape index (κ1) is 38.6. The summed E-state index contributed by atoms with van der Waals surface area (Å²) in [5.74, 6) is 2.28. The SMILES string of the molecule is CC(=O)c1cccc(-c2ccc3cnn(-c4cccc(Br)n4)c3c2)n1.CC(=O)c1cccc(-c2ccc3cnn(-c4cccc(C5CC5)n4)c3c2)n1.OB(O)C1CC1. The van der Waals surface area contributed by atoms with Crippen molar-refractivity contribution >= 4 is 56.4 Å². The Bertz CT molecular complexity index is 2800. The fraction of sp³-hybridized carbons (Fsp3) is 0.182. The first-order valence-electron chi connectivity index (χ1n) is 19.0. The highest BCUT2D eigenvalue weighted by Crippen LogP contribution is 2.39. The largest absolute Gasteiger partial charge is 0.454 e. The Balaban J connectivity index is 0.000000142. The van der Waals surface area contributed by atoms with E-state index in [4.69, 9.17) is 15.0 Å². The van der Waals surface area contributed by atoms with E-state index in [9.17, 15) is 9.59 Å². The molecule has 0 bridgehead atoms. The van der Waals surface area contributed by atoms with Crippen LogP contribution in [0, 0.1) is 0 Å². The van der Waals surface area contributed by atoms with Crippen LogP contribution in [0.15, 0.2) is 126 Å². The molecule has 0 aliphatic heterocycles. The minimum Gasteiger partial charge on any atom is -0.427 e. The van der Waals surface area contributed by atoms with Crippen LogP contribution in [0.4, 0.5) is 0 Å². The van der Waals surface area contributed by atoms with Crippen LogP contribution in [-0.4, -0.2) is 68.2 Å². The number of nitrogens with zero attached hydrogens (tertiary/aromatic N) is 8. The minimum absolute atomic E-state index is 0.0379. The maximum absolute atomic E-state index is 11.6. The number of pyridine rings is 4. The predicted molar refractivity (Wildman–Crippen MR) is 227 cm³/mol. The summed E-state index contributed by atoms with van der Waals surface area (Å²) in [6.45, 7) is 3.05. The molecule has 14 heteroatoms. The second-order valence-electron chi connectivity index (χ2n) is 14.4. The van der Waals surface area contributed by atoms with Gasteiger partial charge in [0.15, 0.2) is 23.2 Å². The maximum atomic E-state index is 11.6. The van der Waals surface area contributed by atoms with Crippen LogP contribution >= 0.6 is 15.9 Å². The van der Waals surface area contributed by atoms with Gasteiger partial charge in [-0.2, -0.15) is 10.2 Å². The van der Waals surface area contributed by atoms with Gasteiger partial charge in [0, 0.05) is 47.4 Å². The summed E-state index contributed by atoms with van der Waals surface area (Å²) in [5, 5.41) is 27.5. The number of halogens is 1. The van der Waals surface area contributed by atoms with Crippen LogP contribution in [0.3, 0.4) is 0 Å². The molecule has 2 N–H and O–H groups in total. The van der Waals surface area contributed by atoms with Crippen LogP contribution in [0.2, 0.25) is 5.82 Å². The van der Waals surface area contributed by atoms with Crippen molar-refractivity contribution in [1.82, 2.24) is 39.5 Å². The average molecular weight is 834 g/mol. The minimum atomic E-state index is -1.04. The molecule has 0 unspecified atom stereocenters. The van der Waals surface area contributed by atoms with Crippen LogP contribution in [-0.2, 0) is 0 Å². The third-order valence-electron chi connectivity index (χ3n) is 9.88. The third kappa shape index (κ3) is 8.84.